The Morgan fingerprint density at radius 2 is 1.71 bits per heavy atom. The van der Waals surface area contributed by atoms with Crippen LogP contribution in [0.2, 0.25) is 5.02 Å². The molecule has 0 saturated heterocycles. The van der Waals surface area contributed by atoms with Gasteiger partial charge in [-0.2, -0.15) is 13.2 Å². The van der Waals surface area contributed by atoms with E-state index in [-0.39, 0.29) is 39.4 Å². The van der Waals surface area contributed by atoms with E-state index in [9.17, 15) is 43.5 Å². The largest absolute Gasteiger partial charge is 0.416 e. The van der Waals surface area contributed by atoms with Crippen LogP contribution >= 0.6 is 23.4 Å². The van der Waals surface area contributed by atoms with Crippen molar-refractivity contribution in [3.05, 3.63) is 99.7 Å². The summed E-state index contributed by atoms with van der Waals surface area (Å²) in [6.45, 7) is 1.64. The second-order valence-corrected chi connectivity index (χ2v) is 11.3. The standard InChI is InChI=1S/C29H28ClF3N2O6S/c1-2-42-22-8-4-16(5-9-22)24(15-36)34-26(37)18-6-10-25-19(11-18)13-21(35(25)29(40,41)27(38)39)12-17-3-7-20(30)14-23(17)28(31,32)33/h3-11,13-14,24,27,36,38-41H,2,12,15H2,1H3,(H,34,37). The molecule has 42 heavy (non-hydrogen) atoms. The van der Waals surface area contributed by atoms with Gasteiger partial charge in [0, 0.05) is 33.0 Å². The number of fused-ring (bicyclic) bond motifs is 1. The summed E-state index contributed by atoms with van der Waals surface area (Å²) in [6, 6.07) is 15.1. The molecule has 0 radical (unpaired) electrons. The van der Waals surface area contributed by atoms with Gasteiger partial charge in [0.15, 0.2) is 0 Å². The number of aliphatic hydroxyl groups is 5. The maximum absolute atomic E-state index is 13.7. The number of carbonyl (C=O) groups is 1. The quantitative estimate of drug-likeness (QED) is 0.114. The third-order valence-electron chi connectivity index (χ3n) is 6.65. The van der Waals surface area contributed by atoms with Crippen molar-refractivity contribution in [3.8, 4) is 0 Å². The SMILES string of the molecule is CCSc1ccc(C(CO)NC(=O)c2ccc3c(c2)cc(Cc2ccc(Cl)cc2C(F)(F)F)n3C(O)(O)C(O)O)cc1. The number of benzene rings is 3. The zero-order chi connectivity index (χ0) is 30.8. The molecule has 13 heteroatoms. The molecule has 0 fully saturated rings. The molecule has 6 N–H and O–H groups in total. The molecule has 224 valence electrons. The average molecular weight is 625 g/mol. The van der Waals surface area contributed by atoms with Crippen LogP contribution in [0.5, 0.6) is 0 Å². The lowest BCUT2D eigenvalue weighted by Gasteiger charge is -2.28. The van der Waals surface area contributed by atoms with Crippen LogP contribution in [0.15, 0.2) is 71.6 Å². The van der Waals surface area contributed by atoms with Crippen LogP contribution in [0.4, 0.5) is 13.2 Å². The summed E-state index contributed by atoms with van der Waals surface area (Å²) in [4.78, 5) is 14.2. The molecule has 1 amide bonds. The Bertz CT molecular complexity index is 1570. The number of aromatic nitrogens is 1. The van der Waals surface area contributed by atoms with Crippen molar-refractivity contribution in [2.45, 2.75) is 42.7 Å². The van der Waals surface area contributed by atoms with Gasteiger partial charge < -0.3 is 30.8 Å². The fourth-order valence-corrected chi connectivity index (χ4v) is 5.48. The fourth-order valence-electron chi connectivity index (χ4n) is 4.65. The minimum absolute atomic E-state index is 0.00453. The summed E-state index contributed by atoms with van der Waals surface area (Å²) in [5.41, 5.74) is -0.639. The third-order valence-corrected chi connectivity index (χ3v) is 7.77. The molecular weight excluding hydrogens is 597 g/mol. The number of nitrogens with one attached hydrogen (secondary N) is 1. The van der Waals surface area contributed by atoms with Gasteiger partial charge in [-0.15, -0.1) is 11.8 Å². The second kappa shape index (κ2) is 12.6. The Balaban J connectivity index is 1.72. The minimum atomic E-state index is -4.77. The summed E-state index contributed by atoms with van der Waals surface area (Å²) in [6.07, 6.45) is -8.00. The van der Waals surface area contributed by atoms with Crippen LogP contribution in [-0.4, -0.2) is 54.7 Å². The molecule has 1 aromatic heterocycles. The van der Waals surface area contributed by atoms with Crippen molar-refractivity contribution in [3.63, 3.8) is 0 Å². The summed E-state index contributed by atoms with van der Waals surface area (Å²) >= 11 is 7.43. The first-order valence-corrected chi connectivity index (χ1v) is 14.1. The normalized spacial score (nSPS) is 13.1. The van der Waals surface area contributed by atoms with Gasteiger partial charge in [-0.05, 0) is 65.4 Å². The summed E-state index contributed by atoms with van der Waals surface area (Å²) < 4.78 is 41.9. The highest BCUT2D eigenvalue weighted by molar-refractivity contribution is 7.99. The molecule has 0 aliphatic rings. The second-order valence-electron chi connectivity index (χ2n) is 9.49. The first-order chi connectivity index (χ1) is 19.8. The molecule has 1 heterocycles. The lowest BCUT2D eigenvalue weighted by atomic mass is 10.0. The predicted octanol–water partition coefficient (Wildman–Crippen LogP) is 4.39. The smallest absolute Gasteiger partial charge is 0.394 e. The number of nitrogens with zero attached hydrogens (tertiary/aromatic N) is 1. The maximum Gasteiger partial charge on any atom is 0.416 e. The van der Waals surface area contributed by atoms with Crippen LogP contribution in [0.3, 0.4) is 0 Å². The number of aliphatic hydroxyl groups excluding tert-OH is 2. The Morgan fingerprint density at radius 1 is 1.02 bits per heavy atom. The van der Waals surface area contributed by atoms with E-state index in [2.05, 4.69) is 5.32 Å². The van der Waals surface area contributed by atoms with Crippen LogP contribution in [-0.2, 0) is 18.5 Å². The van der Waals surface area contributed by atoms with E-state index in [0.717, 1.165) is 22.8 Å². The molecular formula is C29H28ClF3N2O6S. The highest BCUT2D eigenvalue weighted by Gasteiger charge is 2.38. The van der Waals surface area contributed by atoms with Gasteiger partial charge in [0.1, 0.15) is 0 Å². The van der Waals surface area contributed by atoms with Crippen molar-refractivity contribution in [1.82, 2.24) is 9.88 Å². The monoisotopic (exact) mass is 624 g/mol. The molecule has 1 unspecified atom stereocenters. The Morgan fingerprint density at radius 3 is 2.31 bits per heavy atom. The van der Waals surface area contributed by atoms with E-state index in [1.165, 1.54) is 30.3 Å². The summed E-state index contributed by atoms with van der Waals surface area (Å²) in [5, 5.41) is 53.2. The maximum atomic E-state index is 13.7. The molecule has 0 spiro atoms. The van der Waals surface area contributed by atoms with Gasteiger partial charge in [0.25, 0.3) is 5.91 Å². The first kappa shape index (κ1) is 31.8. The van der Waals surface area contributed by atoms with E-state index < -0.39 is 42.3 Å². The van der Waals surface area contributed by atoms with E-state index in [1.807, 2.05) is 19.1 Å². The average Bonchev–Trinajstić information content (AvgIpc) is 3.30. The highest BCUT2D eigenvalue weighted by atomic mass is 35.5. The number of hydrogen-bond acceptors (Lipinski definition) is 7. The lowest BCUT2D eigenvalue weighted by molar-refractivity contribution is -0.339. The number of carbonyl (C=O) groups excluding carboxylic acids is 1. The minimum Gasteiger partial charge on any atom is -0.394 e. The molecule has 0 aliphatic carbocycles. The Kier molecular flexibility index (Phi) is 9.58. The van der Waals surface area contributed by atoms with E-state index in [0.29, 0.717) is 10.1 Å². The van der Waals surface area contributed by atoms with Crippen LogP contribution < -0.4 is 5.32 Å². The van der Waals surface area contributed by atoms with Gasteiger partial charge in [-0.25, -0.2) is 0 Å². The number of rotatable bonds is 10. The van der Waals surface area contributed by atoms with Gasteiger partial charge in [0.05, 0.1) is 23.7 Å². The molecule has 1 atom stereocenters. The van der Waals surface area contributed by atoms with Gasteiger partial charge >= 0.3 is 12.1 Å². The van der Waals surface area contributed by atoms with E-state index >= 15 is 0 Å². The third kappa shape index (κ3) is 6.76. The summed E-state index contributed by atoms with van der Waals surface area (Å²) in [7, 11) is 0. The predicted molar refractivity (Wildman–Crippen MR) is 152 cm³/mol. The van der Waals surface area contributed by atoms with Crippen molar-refractivity contribution < 1.29 is 43.5 Å². The zero-order valence-corrected chi connectivity index (χ0v) is 23.7. The van der Waals surface area contributed by atoms with Crippen molar-refractivity contribution in [1.29, 1.82) is 0 Å². The van der Waals surface area contributed by atoms with Crippen molar-refractivity contribution >= 4 is 40.2 Å². The Hall–Kier alpha value is -3.10. The van der Waals surface area contributed by atoms with Crippen LogP contribution in [0, 0.1) is 0 Å². The van der Waals surface area contributed by atoms with Crippen molar-refractivity contribution in [2.75, 3.05) is 12.4 Å². The zero-order valence-electron chi connectivity index (χ0n) is 22.1. The molecule has 4 aromatic rings. The molecule has 4 rings (SSSR count). The summed E-state index contributed by atoms with van der Waals surface area (Å²) in [5.74, 6) is -3.01. The number of thioether (sulfide) groups is 1. The fraction of sp³-hybridized carbons (Fsp3) is 0.276. The van der Waals surface area contributed by atoms with Gasteiger partial charge in [0.2, 0.25) is 6.29 Å². The molecule has 0 bridgehead atoms. The highest BCUT2D eigenvalue weighted by Crippen LogP contribution is 2.36. The number of halogens is 4. The molecule has 3 aromatic carbocycles. The van der Waals surface area contributed by atoms with Crippen molar-refractivity contribution in [2.24, 2.45) is 0 Å². The van der Waals surface area contributed by atoms with Crippen LogP contribution in [0.25, 0.3) is 10.9 Å². The number of amides is 1. The topological polar surface area (TPSA) is 135 Å². The van der Waals surface area contributed by atoms with Gasteiger partial charge in [-0.1, -0.05) is 36.7 Å². The van der Waals surface area contributed by atoms with Crippen LogP contribution in [0.1, 0.15) is 45.7 Å². The molecule has 8 nitrogen and oxygen atoms in total. The molecule has 0 aliphatic heterocycles. The number of alkyl halides is 3. The van der Waals surface area contributed by atoms with Gasteiger partial charge in [-0.3, -0.25) is 9.36 Å². The Labute approximate surface area is 248 Å². The lowest BCUT2D eigenvalue weighted by Crippen LogP contribution is -2.45. The molecule has 0 saturated carbocycles. The first-order valence-electron chi connectivity index (χ1n) is 12.7. The van der Waals surface area contributed by atoms with E-state index in [4.69, 9.17) is 11.6 Å². The number of hydrogen-bond donors (Lipinski definition) is 6. The van der Waals surface area contributed by atoms with E-state index in [1.54, 1.807) is 23.9 Å².